The zero-order valence-electron chi connectivity index (χ0n) is 15.3. The molecule has 0 saturated heterocycles. The molecule has 3 nitrogen and oxygen atoms in total. The summed E-state index contributed by atoms with van der Waals surface area (Å²) in [7, 11) is 0. The first kappa shape index (κ1) is 17.4. The molecule has 27 heavy (non-hydrogen) atoms. The third-order valence-electron chi connectivity index (χ3n) is 4.64. The second-order valence-corrected chi connectivity index (χ2v) is 7.94. The Kier molecular flexibility index (Phi) is 4.73. The normalized spacial score (nSPS) is 10.9. The monoisotopic (exact) mass is 372 g/mol. The maximum Gasteiger partial charge on any atom is 0.251 e. The maximum atomic E-state index is 12.5. The van der Waals surface area contributed by atoms with Crippen molar-refractivity contribution in [3.8, 4) is 11.3 Å². The Morgan fingerprint density at radius 2 is 1.70 bits per heavy atom. The van der Waals surface area contributed by atoms with Crippen molar-refractivity contribution in [2.24, 2.45) is 0 Å². The summed E-state index contributed by atoms with van der Waals surface area (Å²) < 4.78 is 0. The molecule has 3 aromatic carbocycles. The van der Waals surface area contributed by atoms with Gasteiger partial charge in [0, 0.05) is 22.5 Å². The second kappa shape index (κ2) is 7.33. The van der Waals surface area contributed by atoms with Gasteiger partial charge in [-0.25, -0.2) is 4.98 Å². The fourth-order valence-corrected chi connectivity index (χ4v) is 4.14. The summed E-state index contributed by atoms with van der Waals surface area (Å²) in [5, 5.41) is 6.44. The van der Waals surface area contributed by atoms with Gasteiger partial charge in [0.2, 0.25) is 0 Å². The minimum Gasteiger partial charge on any atom is -0.348 e. The van der Waals surface area contributed by atoms with Gasteiger partial charge in [-0.05, 0) is 42.3 Å². The van der Waals surface area contributed by atoms with Gasteiger partial charge in [0.05, 0.1) is 10.7 Å². The topological polar surface area (TPSA) is 42.0 Å². The number of aryl methyl sites for hydroxylation is 2. The zero-order chi connectivity index (χ0) is 18.8. The molecule has 1 amide bonds. The first-order valence-electron chi connectivity index (χ1n) is 8.91. The lowest BCUT2D eigenvalue weighted by Crippen LogP contribution is -2.22. The average molecular weight is 372 g/mol. The van der Waals surface area contributed by atoms with E-state index in [1.165, 1.54) is 15.6 Å². The van der Waals surface area contributed by atoms with E-state index in [1.54, 1.807) is 11.3 Å². The maximum absolute atomic E-state index is 12.5. The van der Waals surface area contributed by atoms with Crippen molar-refractivity contribution in [3.63, 3.8) is 0 Å². The number of aromatic nitrogens is 1. The van der Waals surface area contributed by atoms with Crippen molar-refractivity contribution in [2.45, 2.75) is 20.4 Å². The van der Waals surface area contributed by atoms with E-state index in [0.717, 1.165) is 21.8 Å². The Morgan fingerprint density at radius 1 is 0.963 bits per heavy atom. The van der Waals surface area contributed by atoms with Crippen LogP contribution in [0.25, 0.3) is 22.0 Å². The van der Waals surface area contributed by atoms with Gasteiger partial charge in [-0.15, -0.1) is 11.3 Å². The third-order valence-corrected chi connectivity index (χ3v) is 5.53. The van der Waals surface area contributed by atoms with Crippen LogP contribution in [-0.4, -0.2) is 10.9 Å². The number of hydrogen-bond donors (Lipinski definition) is 1. The molecule has 4 aromatic rings. The summed E-state index contributed by atoms with van der Waals surface area (Å²) in [6.45, 7) is 4.59. The summed E-state index contributed by atoms with van der Waals surface area (Å²) in [5.41, 5.74) is 3.82. The highest BCUT2D eigenvalue weighted by Gasteiger charge is 2.10. The number of nitrogens with one attached hydrogen (secondary N) is 1. The molecule has 1 aromatic heterocycles. The molecule has 134 valence electrons. The lowest BCUT2D eigenvalue weighted by Gasteiger charge is -2.09. The first-order valence-corrected chi connectivity index (χ1v) is 9.73. The van der Waals surface area contributed by atoms with Crippen LogP contribution in [0.2, 0.25) is 0 Å². The molecule has 1 heterocycles. The SMILES string of the molecule is Cc1nc(-c2ccc(C(=O)NCc3cccc4ccccc34)cc2)c(C)s1. The number of benzene rings is 3. The third kappa shape index (κ3) is 3.62. The van der Waals surface area contributed by atoms with Crippen LogP contribution in [-0.2, 0) is 6.54 Å². The minimum absolute atomic E-state index is 0.0688. The van der Waals surface area contributed by atoms with Crippen LogP contribution >= 0.6 is 11.3 Å². The van der Waals surface area contributed by atoms with Crippen LogP contribution in [0.1, 0.15) is 25.8 Å². The Bertz CT molecular complexity index is 1110. The van der Waals surface area contributed by atoms with Crippen LogP contribution in [0.15, 0.2) is 66.7 Å². The van der Waals surface area contributed by atoms with Crippen molar-refractivity contribution in [1.29, 1.82) is 0 Å². The van der Waals surface area contributed by atoms with E-state index in [9.17, 15) is 4.79 Å². The van der Waals surface area contributed by atoms with Crippen molar-refractivity contribution >= 4 is 28.0 Å². The van der Waals surface area contributed by atoms with E-state index in [4.69, 9.17) is 0 Å². The van der Waals surface area contributed by atoms with Gasteiger partial charge in [0.25, 0.3) is 5.91 Å². The van der Waals surface area contributed by atoms with Crippen molar-refractivity contribution < 1.29 is 4.79 Å². The Morgan fingerprint density at radius 3 is 2.44 bits per heavy atom. The summed E-state index contributed by atoms with van der Waals surface area (Å²) in [6.07, 6.45) is 0. The molecular weight excluding hydrogens is 352 g/mol. The fourth-order valence-electron chi connectivity index (χ4n) is 3.30. The minimum atomic E-state index is -0.0688. The Balaban J connectivity index is 1.49. The highest BCUT2D eigenvalue weighted by molar-refractivity contribution is 7.11. The molecule has 4 rings (SSSR count). The second-order valence-electron chi connectivity index (χ2n) is 6.54. The predicted octanol–water partition coefficient (Wildman–Crippen LogP) is 5.51. The first-order chi connectivity index (χ1) is 13.1. The molecule has 0 fully saturated rings. The lowest BCUT2D eigenvalue weighted by molar-refractivity contribution is 0.0951. The number of rotatable bonds is 4. The standard InChI is InChI=1S/C23H20N2OS/c1-15-22(25-16(2)27-15)18-10-12-19(13-11-18)23(26)24-14-20-8-5-7-17-6-3-4-9-21(17)20/h3-13H,14H2,1-2H3,(H,24,26). The number of carbonyl (C=O) groups excluding carboxylic acids is 1. The fraction of sp³-hybridized carbons (Fsp3) is 0.130. The van der Waals surface area contributed by atoms with Gasteiger partial charge in [-0.1, -0.05) is 54.6 Å². The summed E-state index contributed by atoms with van der Waals surface area (Å²) in [6, 6.07) is 22.0. The number of nitrogens with zero attached hydrogens (tertiary/aromatic N) is 1. The van der Waals surface area contributed by atoms with Gasteiger partial charge >= 0.3 is 0 Å². The van der Waals surface area contributed by atoms with Crippen molar-refractivity contribution in [1.82, 2.24) is 10.3 Å². The molecular formula is C23H20N2OS. The van der Waals surface area contributed by atoms with E-state index in [0.29, 0.717) is 12.1 Å². The zero-order valence-corrected chi connectivity index (χ0v) is 16.1. The molecule has 0 bridgehead atoms. The van der Waals surface area contributed by atoms with Gasteiger partial charge in [0.1, 0.15) is 0 Å². The molecule has 0 saturated carbocycles. The average Bonchev–Trinajstić information content (AvgIpc) is 3.04. The largest absolute Gasteiger partial charge is 0.348 e. The smallest absolute Gasteiger partial charge is 0.251 e. The van der Waals surface area contributed by atoms with Crippen LogP contribution in [0.5, 0.6) is 0 Å². The van der Waals surface area contributed by atoms with E-state index in [-0.39, 0.29) is 5.91 Å². The Labute approximate surface area is 162 Å². The highest BCUT2D eigenvalue weighted by atomic mass is 32.1. The van der Waals surface area contributed by atoms with Gasteiger partial charge in [-0.2, -0.15) is 0 Å². The summed E-state index contributed by atoms with van der Waals surface area (Å²) >= 11 is 1.69. The number of fused-ring (bicyclic) bond motifs is 1. The van der Waals surface area contributed by atoms with E-state index in [2.05, 4.69) is 41.5 Å². The highest BCUT2D eigenvalue weighted by Crippen LogP contribution is 2.27. The Hall–Kier alpha value is -2.98. The quantitative estimate of drug-likeness (QED) is 0.513. The molecule has 0 aliphatic heterocycles. The number of thiazole rings is 1. The summed E-state index contributed by atoms with van der Waals surface area (Å²) in [5.74, 6) is -0.0688. The molecule has 0 aliphatic carbocycles. The van der Waals surface area contributed by atoms with E-state index in [1.807, 2.05) is 49.4 Å². The van der Waals surface area contributed by atoms with E-state index >= 15 is 0 Å². The molecule has 1 N–H and O–H groups in total. The van der Waals surface area contributed by atoms with Gasteiger partial charge < -0.3 is 5.32 Å². The predicted molar refractivity (Wildman–Crippen MR) is 112 cm³/mol. The molecule has 0 radical (unpaired) electrons. The molecule has 0 aliphatic rings. The molecule has 4 heteroatoms. The van der Waals surface area contributed by atoms with Crippen molar-refractivity contribution in [2.75, 3.05) is 0 Å². The lowest BCUT2D eigenvalue weighted by atomic mass is 10.0. The molecule has 0 unspecified atom stereocenters. The van der Waals surface area contributed by atoms with Gasteiger partial charge in [0.15, 0.2) is 0 Å². The van der Waals surface area contributed by atoms with Gasteiger partial charge in [-0.3, -0.25) is 4.79 Å². The van der Waals surface area contributed by atoms with Crippen LogP contribution in [0, 0.1) is 13.8 Å². The molecule has 0 atom stereocenters. The van der Waals surface area contributed by atoms with Crippen molar-refractivity contribution in [3.05, 3.63) is 87.7 Å². The number of amides is 1. The van der Waals surface area contributed by atoms with E-state index < -0.39 is 0 Å². The number of hydrogen-bond acceptors (Lipinski definition) is 3. The van der Waals surface area contributed by atoms with Crippen LogP contribution in [0.3, 0.4) is 0 Å². The van der Waals surface area contributed by atoms with Crippen LogP contribution in [0.4, 0.5) is 0 Å². The summed E-state index contributed by atoms with van der Waals surface area (Å²) in [4.78, 5) is 18.3. The number of carbonyl (C=O) groups is 1. The van der Waals surface area contributed by atoms with Crippen LogP contribution < -0.4 is 5.32 Å². The molecule has 0 spiro atoms.